The third kappa shape index (κ3) is 3.54. The van der Waals surface area contributed by atoms with Crippen molar-refractivity contribution in [1.29, 1.82) is 0 Å². The van der Waals surface area contributed by atoms with Gasteiger partial charge in [0.1, 0.15) is 0 Å². The summed E-state index contributed by atoms with van der Waals surface area (Å²) in [5.74, 6) is 0. The highest BCUT2D eigenvalue weighted by Crippen LogP contribution is 2.09. The van der Waals surface area contributed by atoms with E-state index in [0.29, 0.717) is 0 Å². The van der Waals surface area contributed by atoms with E-state index in [1.165, 1.54) is 19.3 Å². The quantitative estimate of drug-likeness (QED) is 0.469. The molecule has 0 aromatic rings. The van der Waals surface area contributed by atoms with E-state index in [1.54, 1.807) is 5.57 Å². The third-order valence-corrected chi connectivity index (χ3v) is 2.06. The Bertz CT molecular complexity index is 130. The summed E-state index contributed by atoms with van der Waals surface area (Å²) in [4.78, 5) is 0. The van der Waals surface area contributed by atoms with Gasteiger partial charge in [-0.3, -0.25) is 0 Å². The van der Waals surface area contributed by atoms with Gasteiger partial charge < -0.3 is 11.1 Å². The van der Waals surface area contributed by atoms with Crippen molar-refractivity contribution in [2.24, 2.45) is 5.73 Å². The molecule has 0 fully saturated rings. The lowest BCUT2D eigenvalue weighted by atomic mass is 10.1. The molecule has 0 amide bonds. The molecule has 0 bridgehead atoms. The lowest BCUT2D eigenvalue weighted by Gasteiger charge is -2.13. The molecule has 1 aliphatic rings. The fraction of sp³-hybridized carbons (Fsp3) is 0.778. The number of hydrogen-bond acceptors (Lipinski definition) is 2. The molecule has 0 saturated carbocycles. The van der Waals surface area contributed by atoms with Crippen LogP contribution in [0.3, 0.4) is 0 Å². The summed E-state index contributed by atoms with van der Waals surface area (Å²) in [6.07, 6.45) is 7.23. The van der Waals surface area contributed by atoms with Crippen LogP contribution in [0.2, 0.25) is 0 Å². The summed E-state index contributed by atoms with van der Waals surface area (Å²) in [5.41, 5.74) is 6.98. The van der Waals surface area contributed by atoms with Gasteiger partial charge in [-0.05, 0) is 38.8 Å². The summed E-state index contributed by atoms with van der Waals surface area (Å²) in [6, 6.07) is 0. The summed E-state index contributed by atoms with van der Waals surface area (Å²) < 4.78 is 0. The van der Waals surface area contributed by atoms with Crippen LogP contribution in [-0.2, 0) is 0 Å². The second-order valence-corrected chi connectivity index (χ2v) is 3.07. The van der Waals surface area contributed by atoms with Crippen LogP contribution in [0.25, 0.3) is 0 Å². The van der Waals surface area contributed by atoms with Crippen LogP contribution in [0.15, 0.2) is 11.6 Å². The third-order valence-electron chi connectivity index (χ3n) is 2.06. The molecule has 1 aliphatic heterocycles. The molecule has 0 atom stereocenters. The highest BCUT2D eigenvalue weighted by molar-refractivity contribution is 5.07. The second-order valence-electron chi connectivity index (χ2n) is 3.07. The number of nitrogens with one attached hydrogen (secondary N) is 1. The van der Waals surface area contributed by atoms with Crippen LogP contribution in [0.5, 0.6) is 0 Å². The molecule has 64 valence electrons. The predicted octanol–water partition coefficient (Wildman–Crippen LogP) is 1.04. The van der Waals surface area contributed by atoms with Crippen molar-refractivity contribution >= 4 is 0 Å². The van der Waals surface area contributed by atoms with Crippen LogP contribution < -0.4 is 11.1 Å². The summed E-state index contributed by atoms with van der Waals surface area (Å²) in [7, 11) is 0. The van der Waals surface area contributed by atoms with Gasteiger partial charge in [0.05, 0.1) is 0 Å². The molecule has 0 aromatic carbocycles. The fourth-order valence-electron chi connectivity index (χ4n) is 1.39. The monoisotopic (exact) mass is 154 g/mol. The van der Waals surface area contributed by atoms with Crippen molar-refractivity contribution in [2.75, 3.05) is 19.6 Å². The highest BCUT2D eigenvalue weighted by atomic mass is 14.9. The number of hydrogen-bond donors (Lipinski definition) is 2. The van der Waals surface area contributed by atoms with Gasteiger partial charge in [0.2, 0.25) is 0 Å². The summed E-state index contributed by atoms with van der Waals surface area (Å²) in [6.45, 7) is 3.09. The van der Waals surface area contributed by atoms with Crippen LogP contribution in [0.1, 0.15) is 25.7 Å². The number of nitrogens with two attached hydrogens (primary N) is 1. The minimum absolute atomic E-state index is 0.834. The standard InChI is InChI=1S/C9H18N2/c10-6-2-1-4-9-5-3-7-11-8-9/h5,11H,1-4,6-8,10H2. The van der Waals surface area contributed by atoms with Crippen molar-refractivity contribution in [1.82, 2.24) is 5.32 Å². The van der Waals surface area contributed by atoms with E-state index in [0.717, 1.165) is 26.1 Å². The minimum atomic E-state index is 0.834. The fourth-order valence-corrected chi connectivity index (χ4v) is 1.39. The van der Waals surface area contributed by atoms with E-state index >= 15 is 0 Å². The average molecular weight is 154 g/mol. The number of rotatable bonds is 4. The molecule has 0 saturated heterocycles. The van der Waals surface area contributed by atoms with Crippen molar-refractivity contribution in [2.45, 2.75) is 25.7 Å². The molecule has 0 aromatic heterocycles. The Morgan fingerprint density at radius 3 is 3.00 bits per heavy atom. The molecule has 0 spiro atoms. The zero-order valence-electron chi connectivity index (χ0n) is 7.10. The second kappa shape index (κ2) is 5.33. The Morgan fingerprint density at radius 1 is 1.45 bits per heavy atom. The molecule has 2 heteroatoms. The first-order chi connectivity index (χ1) is 5.43. The maximum atomic E-state index is 5.41. The molecule has 2 nitrogen and oxygen atoms in total. The maximum Gasteiger partial charge on any atom is 0.0164 e. The molecule has 1 heterocycles. The van der Waals surface area contributed by atoms with Crippen molar-refractivity contribution in [3.63, 3.8) is 0 Å². The van der Waals surface area contributed by atoms with Crippen molar-refractivity contribution in [3.8, 4) is 0 Å². The highest BCUT2D eigenvalue weighted by Gasteiger charge is 2.00. The first-order valence-electron chi connectivity index (χ1n) is 4.52. The van der Waals surface area contributed by atoms with E-state index in [-0.39, 0.29) is 0 Å². The molecule has 11 heavy (non-hydrogen) atoms. The van der Waals surface area contributed by atoms with Crippen LogP contribution >= 0.6 is 0 Å². The SMILES string of the molecule is NCCCCC1=CCCNC1. The zero-order chi connectivity index (χ0) is 7.94. The molecule has 0 radical (unpaired) electrons. The maximum absolute atomic E-state index is 5.41. The van der Waals surface area contributed by atoms with Crippen molar-refractivity contribution in [3.05, 3.63) is 11.6 Å². The Kier molecular flexibility index (Phi) is 4.24. The van der Waals surface area contributed by atoms with Crippen molar-refractivity contribution < 1.29 is 0 Å². The normalized spacial score (nSPS) is 18.1. The Labute approximate surface area is 68.9 Å². The molecule has 1 rings (SSSR count). The Morgan fingerprint density at radius 2 is 2.36 bits per heavy atom. The Balaban J connectivity index is 2.09. The van der Waals surface area contributed by atoms with Gasteiger partial charge in [0.25, 0.3) is 0 Å². The van der Waals surface area contributed by atoms with Gasteiger partial charge in [-0.25, -0.2) is 0 Å². The van der Waals surface area contributed by atoms with Gasteiger partial charge in [-0.15, -0.1) is 0 Å². The van der Waals surface area contributed by atoms with Gasteiger partial charge >= 0.3 is 0 Å². The molecule has 0 aliphatic carbocycles. The predicted molar refractivity (Wildman–Crippen MR) is 48.5 cm³/mol. The lowest BCUT2D eigenvalue weighted by molar-refractivity contribution is 0.651. The van der Waals surface area contributed by atoms with Crippen LogP contribution in [0, 0.1) is 0 Å². The van der Waals surface area contributed by atoms with Gasteiger partial charge in [0.15, 0.2) is 0 Å². The first-order valence-corrected chi connectivity index (χ1v) is 4.52. The van der Waals surface area contributed by atoms with Crippen LogP contribution in [-0.4, -0.2) is 19.6 Å². The summed E-state index contributed by atoms with van der Waals surface area (Å²) in [5, 5.41) is 3.36. The zero-order valence-corrected chi connectivity index (χ0v) is 7.10. The molecule has 3 N–H and O–H groups in total. The Hall–Kier alpha value is -0.340. The van der Waals surface area contributed by atoms with Gasteiger partial charge in [-0.2, -0.15) is 0 Å². The van der Waals surface area contributed by atoms with E-state index in [9.17, 15) is 0 Å². The topological polar surface area (TPSA) is 38.0 Å². The molecule has 0 unspecified atom stereocenters. The van der Waals surface area contributed by atoms with E-state index < -0.39 is 0 Å². The van der Waals surface area contributed by atoms with E-state index in [2.05, 4.69) is 11.4 Å². The van der Waals surface area contributed by atoms with Gasteiger partial charge in [0, 0.05) is 6.54 Å². The summed E-state index contributed by atoms with van der Waals surface area (Å²) >= 11 is 0. The van der Waals surface area contributed by atoms with E-state index in [4.69, 9.17) is 5.73 Å². The molecular weight excluding hydrogens is 136 g/mol. The number of unbranched alkanes of at least 4 members (excludes halogenated alkanes) is 1. The smallest absolute Gasteiger partial charge is 0.0164 e. The minimum Gasteiger partial charge on any atom is -0.330 e. The molecular formula is C9H18N2. The van der Waals surface area contributed by atoms with Crippen LogP contribution in [0.4, 0.5) is 0 Å². The lowest BCUT2D eigenvalue weighted by Crippen LogP contribution is -2.22. The first kappa shape index (κ1) is 8.75. The average Bonchev–Trinajstić information content (AvgIpc) is 2.07. The van der Waals surface area contributed by atoms with E-state index in [1.807, 2.05) is 0 Å². The van der Waals surface area contributed by atoms with Gasteiger partial charge in [-0.1, -0.05) is 11.6 Å². The largest absolute Gasteiger partial charge is 0.330 e.